The molecule has 0 heterocycles. The van der Waals surface area contributed by atoms with E-state index in [1.807, 2.05) is 0 Å². The number of hydrogen-bond donors (Lipinski definition) is 0. The van der Waals surface area contributed by atoms with Gasteiger partial charge in [-0.2, -0.15) is 13.2 Å². The second-order valence-electron chi connectivity index (χ2n) is 6.00. The summed E-state index contributed by atoms with van der Waals surface area (Å²) in [6.45, 7) is 7.55. The first-order valence-electron chi connectivity index (χ1n) is 7.30. The molecule has 0 fully saturated rings. The Morgan fingerprint density at radius 2 is 1.85 bits per heavy atom. The Morgan fingerprint density at radius 1 is 1.27 bits per heavy atom. The molecule has 0 aliphatic rings. The Morgan fingerprint density at radius 3 is 2.31 bits per heavy atom. The van der Waals surface area contributed by atoms with Crippen molar-refractivity contribution in [2.45, 2.75) is 32.5 Å². The fourth-order valence-corrected chi connectivity index (χ4v) is 1.94. The third kappa shape index (κ3) is 6.34. The van der Waals surface area contributed by atoms with Gasteiger partial charge < -0.3 is 14.0 Å². The maximum Gasteiger partial charge on any atom is 0.419 e. The van der Waals surface area contributed by atoms with Gasteiger partial charge in [-0.15, -0.1) is 0 Å². The fraction of sp³-hybridized carbons (Fsp3) is 0.438. The number of hydrogen-bond acceptors (Lipinski definition) is 6. The van der Waals surface area contributed by atoms with Gasteiger partial charge in [0.2, 0.25) is 0 Å². The van der Waals surface area contributed by atoms with Gasteiger partial charge in [0.05, 0.1) is 27.0 Å². The van der Waals surface area contributed by atoms with E-state index < -0.39 is 51.5 Å². The van der Waals surface area contributed by atoms with E-state index in [0.717, 1.165) is 12.1 Å². The fourth-order valence-electron chi connectivity index (χ4n) is 1.65. The average Bonchev–Trinajstić information content (AvgIpc) is 2.43. The van der Waals surface area contributed by atoms with Crippen LogP contribution in [0.1, 0.15) is 36.7 Å². The van der Waals surface area contributed by atoms with Gasteiger partial charge in [0.15, 0.2) is 0 Å². The highest BCUT2D eigenvalue weighted by atomic mass is 32.2. The van der Waals surface area contributed by atoms with Gasteiger partial charge in [0.1, 0.15) is 18.0 Å². The third-order valence-electron chi connectivity index (χ3n) is 3.48. The lowest BCUT2D eigenvalue weighted by Crippen LogP contribution is -2.30. The van der Waals surface area contributed by atoms with Crippen molar-refractivity contribution in [3.8, 4) is 5.75 Å². The smallest absolute Gasteiger partial charge is 0.419 e. The van der Waals surface area contributed by atoms with Gasteiger partial charge in [-0.3, -0.25) is 0 Å². The molecule has 146 valence electrons. The van der Waals surface area contributed by atoms with Crippen LogP contribution >= 0.6 is 0 Å². The minimum Gasteiger partial charge on any atom is -0.748 e. The molecule has 0 saturated heterocycles. The van der Waals surface area contributed by atoms with E-state index in [4.69, 9.17) is 4.74 Å². The van der Waals surface area contributed by atoms with Crippen LogP contribution in [0.3, 0.4) is 0 Å². The van der Waals surface area contributed by atoms with Gasteiger partial charge >= 0.3 is 12.1 Å². The minimum absolute atomic E-state index is 0.284. The molecule has 0 aromatic heterocycles. The zero-order valence-corrected chi connectivity index (χ0v) is 15.2. The molecule has 1 rings (SSSR count). The zero-order valence-electron chi connectivity index (χ0n) is 14.3. The summed E-state index contributed by atoms with van der Waals surface area (Å²) >= 11 is 0. The molecular formula is C16H18F3O6S-. The number of halogens is 3. The van der Waals surface area contributed by atoms with Crippen molar-refractivity contribution in [1.29, 1.82) is 0 Å². The highest BCUT2D eigenvalue weighted by molar-refractivity contribution is 7.85. The maximum atomic E-state index is 13.2. The quantitative estimate of drug-likeness (QED) is 0.400. The number of ether oxygens (including phenoxy) is 2. The van der Waals surface area contributed by atoms with Crippen LogP contribution in [0.2, 0.25) is 0 Å². The van der Waals surface area contributed by atoms with E-state index in [1.165, 1.54) is 13.8 Å². The molecule has 10 heteroatoms. The average molecular weight is 395 g/mol. The van der Waals surface area contributed by atoms with E-state index in [2.05, 4.69) is 11.3 Å². The third-order valence-corrected chi connectivity index (χ3v) is 4.15. The van der Waals surface area contributed by atoms with Crippen LogP contribution < -0.4 is 4.74 Å². The molecule has 0 radical (unpaired) electrons. The number of esters is 1. The van der Waals surface area contributed by atoms with Gasteiger partial charge in [0, 0.05) is 0 Å². The Kier molecular flexibility index (Phi) is 6.48. The maximum absolute atomic E-state index is 13.2. The molecule has 1 aromatic rings. The highest BCUT2D eigenvalue weighted by Crippen LogP contribution is 2.39. The summed E-state index contributed by atoms with van der Waals surface area (Å²) in [6, 6.07) is 2.38. The number of carbonyl (C=O) groups is 1. The molecule has 0 spiro atoms. The number of benzene rings is 1. The predicted molar refractivity (Wildman–Crippen MR) is 85.8 cm³/mol. The SMILES string of the molecule is C=C(C)C(C)(C)Oc1cc(C(=O)OCCS(=O)(=O)[O-])ccc1C(F)(F)F. The summed E-state index contributed by atoms with van der Waals surface area (Å²) in [4.78, 5) is 11.9. The lowest BCUT2D eigenvalue weighted by atomic mass is 10.0. The van der Waals surface area contributed by atoms with Crippen LogP contribution in [-0.2, 0) is 21.0 Å². The number of carbonyl (C=O) groups excluding carboxylic acids is 1. The van der Waals surface area contributed by atoms with Crippen LogP contribution in [0.15, 0.2) is 30.4 Å². The van der Waals surface area contributed by atoms with Crippen LogP contribution in [-0.4, -0.2) is 36.9 Å². The van der Waals surface area contributed by atoms with E-state index >= 15 is 0 Å². The van der Waals surface area contributed by atoms with Crippen molar-refractivity contribution >= 4 is 16.1 Å². The van der Waals surface area contributed by atoms with Crippen molar-refractivity contribution in [2.24, 2.45) is 0 Å². The molecule has 0 aliphatic carbocycles. The molecule has 0 aliphatic heterocycles. The van der Waals surface area contributed by atoms with Gasteiger partial charge in [-0.05, 0) is 44.5 Å². The second-order valence-corrected chi connectivity index (χ2v) is 7.52. The zero-order chi connectivity index (χ0) is 20.3. The van der Waals surface area contributed by atoms with Gasteiger partial charge in [0.25, 0.3) is 0 Å². The van der Waals surface area contributed by atoms with E-state index in [9.17, 15) is 30.9 Å². The van der Waals surface area contributed by atoms with Gasteiger partial charge in [-0.1, -0.05) is 6.58 Å². The van der Waals surface area contributed by atoms with Crippen molar-refractivity contribution in [2.75, 3.05) is 12.4 Å². The second kappa shape index (κ2) is 7.67. The molecule has 0 bridgehead atoms. The van der Waals surface area contributed by atoms with Crippen LogP contribution in [0.4, 0.5) is 13.2 Å². The molecule has 1 aromatic carbocycles. The summed E-state index contributed by atoms with van der Waals surface area (Å²) in [6.07, 6.45) is -4.72. The van der Waals surface area contributed by atoms with Crippen molar-refractivity contribution < 1.29 is 40.4 Å². The van der Waals surface area contributed by atoms with Crippen molar-refractivity contribution in [3.63, 3.8) is 0 Å². The first-order chi connectivity index (χ1) is 11.6. The Bertz CT molecular complexity index is 797. The molecule has 6 nitrogen and oxygen atoms in total. The van der Waals surface area contributed by atoms with Crippen LogP contribution in [0.25, 0.3) is 0 Å². The molecule has 0 unspecified atom stereocenters. The lowest BCUT2D eigenvalue weighted by Gasteiger charge is -2.28. The van der Waals surface area contributed by atoms with Crippen molar-refractivity contribution in [1.82, 2.24) is 0 Å². The van der Waals surface area contributed by atoms with E-state index in [1.54, 1.807) is 6.92 Å². The first kappa shape index (κ1) is 22.0. The molecule has 0 atom stereocenters. The summed E-state index contributed by atoms with van der Waals surface area (Å²) < 4.78 is 80.9. The first-order valence-corrected chi connectivity index (χ1v) is 8.88. The predicted octanol–water partition coefficient (Wildman–Crippen LogP) is 3.14. The summed E-state index contributed by atoms with van der Waals surface area (Å²) in [5.74, 6) is -2.62. The number of rotatable bonds is 7. The summed E-state index contributed by atoms with van der Waals surface area (Å²) in [7, 11) is -4.58. The van der Waals surface area contributed by atoms with Crippen molar-refractivity contribution in [3.05, 3.63) is 41.5 Å². The van der Waals surface area contributed by atoms with Crippen LogP contribution in [0.5, 0.6) is 5.75 Å². The molecular weight excluding hydrogens is 377 g/mol. The van der Waals surface area contributed by atoms with E-state index in [-0.39, 0.29) is 5.56 Å². The Balaban J connectivity index is 3.15. The minimum atomic E-state index is -4.72. The molecule has 0 saturated carbocycles. The number of alkyl halides is 3. The molecule has 0 amide bonds. The standard InChI is InChI=1S/C16H19F3O6S/c1-10(2)15(3,4)25-13-9-11(5-6-12(13)16(17,18)19)14(20)24-7-8-26(21,22)23/h5-6,9H,1,7-8H2,2-4H3,(H,21,22,23)/p-1. The lowest BCUT2D eigenvalue weighted by molar-refractivity contribution is -0.139. The van der Waals surface area contributed by atoms with Gasteiger partial charge in [-0.25, -0.2) is 13.2 Å². The topological polar surface area (TPSA) is 92.7 Å². The Hall–Kier alpha value is -2.07. The van der Waals surface area contributed by atoms with E-state index in [0.29, 0.717) is 11.6 Å². The summed E-state index contributed by atoms with van der Waals surface area (Å²) in [5.41, 5.74) is -2.06. The largest absolute Gasteiger partial charge is 0.748 e. The molecule has 26 heavy (non-hydrogen) atoms. The van der Waals surface area contributed by atoms with Crippen LogP contribution in [0, 0.1) is 0 Å². The normalized spacial score (nSPS) is 12.6. The monoisotopic (exact) mass is 395 g/mol. The molecule has 0 N–H and O–H groups in total. The highest BCUT2D eigenvalue weighted by Gasteiger charge is 2.36. The summed E-state index contributed by atoms with van der Waals surface area (Å²) in [5, 5.41) is 0. The Labute approximate surface area is 149 Å².